The highest BCUT2D eigenvalue weighted by atomic mass is 16.5. The second-order valence-electron chi connectivity index (χ2n) is 7.43. The molecule has 1 fully saturated rings. The molecule has 0 bridgehead atoms. The highest BCUT2D eigenvalue weighted by Crippen LogP contribution is 2.32. The van der Waals surface area contributed by atoms with Crippen LogP contribution < -0.4 is 14.8 Å². The van der Waals surface area contributed by atoms with E-state index in [4.69, 9.17) is 9.47 Å². The number of methoxy groups -OCH3 is 1. The van der Waals surface area contributed by atoms with Crippen molar-refractivity contribution in [1.82, 2.24) is 9.88 Å². The van der Waals surface area contributed by atoms with Gasteiger partial charge >= 0.3 is 6.03 Å². The van der Waals surface area contributed by atoms with Crippen LogP contribution in [0.3, 0.4) is 0 Å². The van der Waals surface area contributed by atoms with Crippen LogP contribution in [0.1, 0.15) is 24.1 Å². The van der Waals surface area contributed by atoms with E-state index >= 15 is 0 Å². The van der Waals surface area contributed by atoms with Gasteiger partial charge in [0.25, 0.3) is 0 Å². The average Bonchev–Trinajstić information content (AvgIpc) is 3.63. The van der Waals surface area contributed by atoms with Crippen LogP contribution in [0.2, 0.25) is 0 Å². The zero-order valence-corrected chi connectivity index (χ0v) is 17.3. The number of pyridine rings is 1. The third-order valence-corrected chi connectivity index (χ3v) is 5.04. The first-order valence-corrected chi connectivity index (χ1v) is 10.2. The Morgan fingerprint density at radius 1 is 1.16 bits per heavy atom. The van der Waals surface area contributed by atoms with Crippen LogP contribution in [-0.2, 0) is 13.2 Å². The van der Waals surface area contributed by atoms with E-state index in [-0.39, 0.29) is 17.8 Å². The predicted molar refractivity (Wildman–Crippen MR) is 117 cm³/mol. The quantitative estimate of drug-likeness (QED) is 0.559. The SMILES string of the molecule is COc1cc(CN(C(=O)Nc2cccc(OCc3ccccn3)c2)C2CC2)ccc1O. The first-order chi connectivity index (χ1) is 15.1. The number of ether oxygens (including phenoxy) is 2. The van der Waals surface area contributed by atoms with Gasteiger partial charge in [-0.3, -0.25) is 4.98 Å². The summed E-state index contributed by atoms with van der Waals surface area (Å²) in [4.78, 5) is 19.1. The molecule has 160 valence electrons. The fourth-order valence-corrected chi connectivity index (χ4v) is 3.27. The van der Waals surface area contributed by atoms with E-state index < -0.39 is 0 Å². The van der Waals surface area contributed by atoms with E-state index in [1.54, 1.807) is 30.5 Å². The molecule has 1 aliphatic carbocycles. The van der Waals surface area contributed by atoms with Gasteiger partial charge in [-0.2, -0.15) is 0 Å². The number of nitrogens with zero attached hydrogens (tertiary/aromatic N) is 2. The summed E-state index contributed by atoms with van der Waals surface area (Å²) in [6.07, 6.45) is 3.69. The number of nitrogens with one attached hydrogen (secondary N) is 1. The lowest BCUT2D eigenvalue weighted by molar-refractivity contribution is 0.206. The third kappa shape index (κ3) is 5.45. The number of hydrogen-bond acceptors (Lipinski definition) is 5. The van der Waals surface area contributed by atoms with Crippen molar-refractivity contribution < 1.29 is 19.4 Å². The van der Waals surface area contributed by atoms with Gasteiger partial charge in [0.1, 0.15) is 12.4 Å². The molecule has 0 saturated heterocycles. The van der Waals surface area contributed by atoms with Crippen molar-refractivity contribution in [3.05, 3.63) is 78.1 Å². The number of aromatic hydroxyl groups is 1. The standard InChI is InChI=1S/C24H25N3O4/c1-30-23-13-17(8-11-22(23)28)15-27(20-9-10-20)24(29)26-18-6-4-7-21(14-18)31-16-19-5-2-3-12-25-19/h2-8,11-14,20,28H,9-10,15-16H2,1H3,(H,26,29). The van der Waals surface area contributed by atoms with E-state index in [0.29, 0.717) is 30.3 Å². The first-order valence-electron chi connectivity index (χ1n) is 10.2. The number of urea groups is 1. The van der Waals surface area contributed by atoms with Crippen LogP contribution >= 0.6 is 0 Å². The van der Waals surface area contributed by atoms with Gasteiger partial charge in [0.15, 0.2) is 11.5 Å². The van der Waals surface area contributed by atoms with Gasteiger partial charge < -0.3 is 24.8 Å². The molecular formula is C24H25N3O4. The molecule has 1 saturated carbocycles. The average molecular weight is 419 g/mol. The summed E-state index contributed by atoms with van der Waals surface area (Å²) in [6, 6.07) is 18.2. The summed E-state index contributed by atoms with van der Waals surface area (Å²) >= 11 is 0. The van der Waals surface area contributed by atoms with E-state index in [2.05, 4.69) is 10.3 Å². The summed E-state index contributed by atoms with van der Waals surface area (Å²) in [5.41, 5.74) is 2.39. The second-order valence-corrected chi connectivity index (χ2v) is 7.43. The molecule has 7 nitrogen and oxygen atoms in total. The Morgan fingerprint density at radius 3 is 2.77 bits per heavy atom. The van der Waals surface area contributed by atoms with Gasteiger partial charge in [-0.05, 0) is 54.8 Å². The smallest absolute Gasteiger partial charge is 0.322 e. The Bertz CT molecular complexity index is 1040. The molecule has 1 aromatic heterocycles. The van der Waals surface area contributed by atoms with Crippen molar-refractivity contribution in [1.29, 1.82) is 0 Å². The largest absolute Gasteiger partial charge is 0.504 e. The predicted octanol–water partition coefficient (Wildman–Crippen LogP) is 4.57. The molecule has 0 unspecified atom stereocenters. The molecule has 0 aliphatic heterocycles. The minimum absolute atomic E-state index is 0.0798. The Morgan fingerprint density at radius 2 is 2.03 bits per heavy atom. The summed E-state index contributed by atoms with van der Waals surface area (Å²) in [5.74, 6) is 1.13. The molecule has 0 spiro atoms. The van der Waals surface area contributed by atoms with E-state index in [9.17, 15) is 9.90 Å². The van der Waals surface area contributed by atoms with Gasteiger partial charge in [-0.1, -0.05) is 18.2 Å². The fraction of sp³-hybridized carbons (Fsp3) is 0.250. The van der Waals surface area contributed by atoms with Crippen molar-refractivity contribution in [3.8, 4) is 17.2 Å². The lowest BCUT2D eigenvalue weighted by atomic mass is 10.2. The number of rotatable bonds is 8. The fourth-order valence-electron chi connectivity index (χ4n) is 3.27. The summed E-state index contributed by atoms with van der Waals surface area (Å²) in [5, 5.41) is 12.8. The van der Waals surface area contributed by atoms with Gasteiger partial charge in [0.2, 0.25) is 0 Å². The summed E-state index contributed by atoms with van der Waals surface area (Å²) < 4.78 is 11.0. The van der Waals surface area contributed by atoms with Gasteiger partial charge in [0.05, 0.1) is 12.8 Å². The van der Waals surface area contributed by atoms with Crippen molar-refractivity contribution in [2.24, 2.45) is 0 Å². The molecule has 4 rings (SSSR count). The minimum Gasteiger partial charge on any atom is -0.504 e. The Kier molecular flexibility index (Phi) is 6.21. The number of aromatic nitrogens is 1. The molecule has 0 atom stereocenters. The van der Waals surface area contributed by atoms with E-state index in [0.717, 1.165) is 24.1 Å². The highest BCUT2D eigenvalue weighted by Gasteiger charge is 2.32. The number of carbonyl (C=O) groups is 1. The maximum Gasteiger partial charge on any atom is 0.322 e. The van der Waals surface area contributed by atoms with Gasteiger partial charge in [-0.25, -0.2) is 4.79 Å². The molecule has 3 aromatic rings. The lowest BCUT2D eigenvalue weighted by Gasteiger charge is -2.23. The number of carbonyl (C=O) groups excluding carboxylic acids is 1. The normalized spacial score (nSPS) is 12.8. The maximum absolute atomic E-state index is 13.0. The van der Waals surface area contributed by atoms with Crippen molar-refractivity contribution >= 4 is 11.7 Å². The van der Waals surface area contributed by atoms with E-state index in [1.807, 2.05) is 41.3 Å². The molecule has 1 aliphatic rings. The Labute approximate surface area is 181 Å². The summed E-state index contributed by atoms with van der Waals surface area (Å²) in [7, 11) is 1.51. The number of anilines is 1. The van der Waals surface area contributed by atoms with Crippen LogP contribution in [0.4, 0.5) is 10.5 Å². The molecule has 0 radical (unpaired) electrons. The third-order valence-electron chi connectivity index (χ3n) is 5.04. The first kappa shape index (κ1) is 20.5. The van der Waals surface area contributed by atoms with Crippen LogP contribution in [0.15, 0.2) is 66.9 Å². The lowest BCUT2D eigenvalue weighted by Crippen LogP contribution is -2.36. The Balaban J connectivity index is 1.41. The molecule has 2 aromatic carbocycles. The topological polar surface area (TPSA) is 83.9 Å². The number of amides is 2. The highest BCUT2D eigenvalue weighted by molar-refractivity contribution is 5.90. The molecule has 7 heteroatoms. The molecular weight excluding hydrogens is 394 g/mol. The second kappa shape index (κ2) is 9.38. The number of phenolic OH excluding ortho intramolecular Hbond substituents is 1. The van der Waals surface area contributed by atoms with Crippen molar-refractivity contribution in [2.45, 2.75) is 32.0 Å². The number of benzene rings is 2. The van der Waals surface area contributed by atoms with Gasteiger partial charge in [-0.15, -0.1) is 0 Å². The molecule has 2 amide bonds. The van der Waals surface area contributed by atoms with Crippen LogP contribution in [0.25, 0.3) is 0 Å². The van der Waals surface area contributed by atoms with Crippen LogP contribution in [0, 0.1) is 0 Å². The molecule has 1 heterocycles. The molecule has 2 N–H and O–H groups in total. The maximum atomic E-state index is 13.0. The zero-order valence-electron chi connectivity index (χ0n) is 17.3. The molecule has 31 heavy (non-hydrogen) atoms. The van der Waals surface area contributed by atoms with Crippen LogP contribution in [0.5, 0.6) is 17.2 Å². The zero-order chi connectivity index (χ0) is 21.6. The minimum atomic E-state index is -0.170. The Hall–Kier alpha value is -3.74. The van der Waals surface area contributed by atoms with Crippen molar-refractivity contribution in [2.75, 3.05) is 12.4 Å². The van der Waals surface area contributed by atoms with E-state index in [1.165, 1.54) is 7.11 Å². The monoisotopic (exact) mass is 419 g/mol. The summed E-state index contributed by atoms with van der Waals surface area (Å²) in [6.45, 7) is 0.790. The number of hydrogen-bond donors (Lipinski definition) is 2. The number of phenols is 1. The van der Waals surface area contributed by atoms with Crippen LogP contribution in [-0.4, -0.2) is 34.2 Å². The van der Waals surface area contributed by atoms with Crippen molar-refractivity contribution in [3.63, 3.8) is 0 Å². The van der Waals surface area contributed by atoms with Gasteiger partial charge in [0, 0.05) is 30.5 Å².